The van der Waals surface area contributed by atoms with Crippen LogP contribution in [0.2, 0.25) is 0 Å². The van der Waals surface area contributed by atoms with Crippen LogP contribution in [0.1, 0.15) is 53.5 Å². The fourth-order valence-corrected chi connectivity index (χ4v) is 3.75. The van der Waals surface area contributed by atoms with E-state index >= 15 is 0 Å². The average molecular weight is 379 g/mol. The molecule has 1 aliphatic heterocycles. The number of aryl methyl sites for hydroxylation is 1. The third-order valence-electron chi connectivity index (χ3n) is 5.41. The van der Waals surface area contributed by atoms with Gasteiger partial charge in [0.2, 0.25) is 0 Å². The Morgan fingerprint density at radius 2 is 1.93 bits per heavy atom. The van der Waals surface area contributed by atoms with Crippen LogP contribution in [0.15, 0.2) is 48.9 Å². The highest BCUT2D eigenvalue weighted by Crippen LogP contribution is 2.25. The molecule has 0 aliphatic carbocycles. The first-order valence-corrected chi connectivity index (χ1v) is 9.66. The molecule has 1 fully saturated rings. The van der Waals surface area contributed by atoms with E-state index in [9.17, 15) is 9.90 Å². The smallest absolute Gasteiger partial charge is 0.253 e. The molecule has 1 atom stereocenters. The number of amides is 1. The summed E-state index contributed by atoms with van der Waals surface area (Å²) in [5.41, 5.74) is 3.46. The summed E-state index contributed by atoms with van der Waals surface area (Å²) >= 11 is 0. The van der Waals surface area contributed by atoms with E-state index in [1.165, 1.54) is 0 Å². The first-order valence-electron chi connectivity index (χ1n) is 9.66. The normalized spacial score (nSPS) is 16.3. The molecule has 3 aromatic rings. The van der Waals surface area contributed by atoms with Gasteiger partial charge < -0.3 is 14.6 Å². The minimum atomic E-state index is -0.617. The van der Waals surface area contributed by atoms with E-state index in [-0.39, 0.29) is 11.9 Å². The standard InChI is InChI=1S/C21H25N5O2/c1-15-13-17(5-6-20(15)24-9-3-4-10-24)21(28)25-11-7-18(8-12-25)26-14-19(16(2)27)22-23-26/h3-6,9-10,13-14,16,18,27H,7-8,11-12H2,1-2H3. The fourth-order valence-electron chi connectivity index (χ4n) is 3.75. The molecule has 1 N–H and O–H groups in total. The molecule has 7 heteroatoms. The van der Waals surface area contributed by atoms with Gasteiger partial charge in [-0.15, -0.1) is 5.10 Å². The summed E-state index contributed by atoms with van der Waals surface area (Å²) in [6, 6.07) is 10.1. The molecule has 146 valence electrons. The van der Waals surface area contributed by atoms with Gasteiger partial charge in [-0.1, -0.05) is 5.21 Å². The van der Waals surface area contributed by atoms with Crippen LogP contribution >= 0.6 is 0 Å². The van der Waals surface area contributed by atoms with E-state index in [2.05, 4.69) is 14.9 Å². The Kier molecular flexibility index (Phi) is 5.00. The van der Waals surface area contributed by atoms with Crippen molar-refractivity contribution in [3.05, 3.63) is 65.7 Å². The molecular weight excluding hydrogens is 354 g/mol. The Labute approximate surface area is 164 Å². The van der Waals surface area contributed by atoms with Crippen LogP contribution in [-0.4, -0.2) is 48.6 Å². The first kappa shape index (κ1) is 18.4. The van der Waals surface area contributed by atoms with Crippen molar-refractivity contribution in [1.29, 1.82) is 0 Å². The van der Waals surface area contributed by atoms with E-state index in [0.29, 0.717) is 18.8 Å². The van der Waals surface area contributed by atoms with E-state index in [4.69, 9.17) is 0 Å². The number of piperidine rings is 1. The van der Waals surface area contributed by atoms with Crippen molar-refractivity contribution in [2.24, 2.45) is 0 Å². The second-order valence-corrected chi connectivity index (χ2v) is 7.41. The summed E-state index contributed by atoms with van der Waals surface area (Å²) < 4.78 is 3.87. The van der Waals surface area contributed by atoms with Crippen LogP contribution < -0.4 is 0 Å². The highest BCUT2D eigenvalue weighted by molar-refractivity contribution is 5.94. The lowest BCUT2D eigenvalue weighted by molar-refractivity contribution is 0.0689. The largest absolute Gasteiger partial charge is 0.387 e. The number of aromatic nitrogens is 4. The zero-order valence-corrected chi connectivity index (χ0v) is 16.2. The minimum absolute atomic E-state index is 0.0730. The van der Waals surface area contributed by atoms with E-state index in [0.717, 1.165) is 29.7 Å². The maximum absolute atomic E-state index is 12.9. The molecule has 2 aromatic heterocycles. The lowest BCUT2D eigenvalue weighted by Gasteiger charge is -2.32. The number of carbonyl (C=O) groups excluding carboxylic acids is 1. The van der Waals surface area contributed by atoms with Crippen LogP contribution in [0.3, 0.4) is 0 Å². The van der Waals surface area contributed by atoms with Gasteiger partial charge in [-0.3, -0.25) is 4.79 Å². The van der Waals surface area contributed by atoms with Crippen molar-refractivity contribution < 1.29 is 9.90 Å². The predicted octanol–water partition coefficient (Wildman–Crippen LogP) is 2.91. The Morgan fingerprint density at radius 1 is 1.21 bits per heavy atom. The zero-order chi connectivity index (χ0) is 19.7. The van der Waals surface area contributed by atoms with E-state index < -0.39 is 6.10 Å². The molecule has 1 unspecified atom stereocenters. The van der Waals surface area contributed by atoms with Crippen LogP contribution in [0.4, 0.5) is 0 Å². The Morgan fingerprint density at radius 3 is 2.54 bits per heavy atom. The maximum atomic E-state index is 12.9. The number of carbonyl (C=O) groups is 1. The Balaban J connectivity index is 1.42. The van der Waals surface area contributed by atoms with Crippen molar-refractivity contribution in [3.63, 3.8) is 0 Å². The molecule has 0 radical (unpaired) electrons. The van der Waals surface area contributed by atoms with Crippen LogP contribution in [0.5, 0.6) is 0 Å². The van der Waals surface area contributed by atoms with Crippen LogP contribution in [-0.2, 0) is 0 Å². The first-order chi connectivity index (χ1) is 13.5. The van der Waals surface area contributed by atoms with Gasteiger partial charge >= 0.3 is 0 Å². The van der Waals surface area contributed by atoms with Gasteiger partial charge in [0.1, 0.15) is 5.69 Å². The number of benzene rings is 1. The predicted molar refractivity (Wildman–Crippen MR) is 105 cm³/mol. The molecule has 0 bridgehead atoms. The zero-order valence-electron chi connectivity index (χ0n) is 16.2. The molecule has 28 heavy (non-hydrogen) atoms. The Hall–Kier alpha value is -2.93. The van der Waals surface area contributed by atoms with Crippen molar-refractivity contribution in [3.8, 4) is 5.69 Å². The highest BCUT2D eigenvalue weighted by atomic mass is 16.3. The average Bonchev–Trinajstić information content (AvgIpc) is 3.40. The van der Waals surface area contributed by atoms with Gasteiger partial charge in [-0.2, -0.15) is 0 Å². The van der Waals surface area contributed by atoms with Crippen molar-refractivity contribution in [2.45, 2.75) is 38.8 Å². The van der Waals surface area contributed by atoms with Gasteiger partial charge in [0.05, 0.1) is 18.3 Å². The summed E-state index contributed by atoms with van der Waals surface area (Å²) in [6.07, 6.45) is 6.84. The summed E-state index contributed by atoms with van der Waals surface area (Å²) in [5, 5.41) is 17.8. The quantitative estimate of drug-likeness (QED) is 0.756. The van der Waals surface area contributed by atoms with Gasteiger partial charge in [-0.25, -0.2) is 4.68 Å². The van der Waals surface area contributed by atoms with Crippen LogP contribution in [0, 0.1) is 6.92 Å². The van der Waals surface area contributed by atoms with E-state index in [1.807, 2.05) is 59.2 Å². The number of hydrogen-bond acceptors (Lipinski definition) is 4. The molecule has 1 aliphatic rings. The lowest BCUT2D eigenvalue weighted by Crippen LogP contribution is -2.39. The SMILES string of the molecule is Cc1cc(C(=O)N2CCC(n3cc(C(C)O)nn3)CC2)ccc1-n1cccc1. The molecule has 0 saturated carbocycles. The summed E-state index contributed by atoms with van der Waals surface area (Å²) in [4.78, 5) is 14.8. The minimum Gasteiger partial charge on any atom is -0.387 e. The number of likely N-dealkylation sites (tertiary alicyclic amines) is 1. The van der Waals surface area contributed by atoms with Gasteiger partial charge in [0, 0.05) is 36.7 Å². The van der Waals surface area contributed by atoms with Crippen LogP contribution in [0.25, 0.3) is 5.69 Å². The second kappa shape index (κ2) is 7.59. The third kappa shape index (κ3) is 3.57. The summed E-state index contributed by atoms with van der Waals surface area (Å²) in [5.74, 6) is 0.0730. The van der Waals surface area contributed by atoms with Gasteiger partial charge in [0.25, 0.3) is 5.91 Å². The number of aliphatic hydroxyl groups excluding tert-OH is 1. The number of nitrogens with zero attached hydrogens (tertiary/aromatic N) is 5. The summed E-state index contributed by atoms with van der Waals surface area (Å²) in [6.45, 7) is 5.08. The molecule has 4 rings (SSSR count). The maximum Gasteiger partial charge on any atom is 0.253 e. The van der Waals surface area contributed by atoms with Crippen molar-refractivity contribution in [2.75, 3.05) is 13.1 Å². The molecule has 1 saturated heterocycles. The monoisotopic (exact) mass is 379 g/mol. The molecule has 1 amide bonds. The Bertz CT molecular complexity index is 953. The van der Waals surface area contributed by atoms with Crippen molar-refractivity contribution >= 4 is 5.91 Å². The highest BCUT2D eigenvalue weighted by Gasteiger charge is 2.26. The number of aliphatic hydroxyl groups is 1. The molecule has 3 heterocycles. The molecule has 1 aromatic carbocycles. The second-order valence-electron chi connectivity index (χ2n) is 7.41. The molecular formula is C21H25N5O2. The number of rotatable bonds is 4. The molecule has 7 nitrogen and oxygen atoms in total. The molecule has 0 spiro atoms. The lowest BCUT2D eigenvalue weighted by atomic mass is 10.0. The topological polar surface area (TPSA) is 76.2 Å². The van der Waals surface area contributed by atoms with E-state index in [1.54, 1.807) is 13.1 Å². The van der Waals surface area contributed by atoms with Crippen molar-refractivity contribution in [1.82, 2.24) is 24.5 Å². The fraction of sp³-hybridized carbons (Fsp3) is 0.381. The summed E-state index contributed by atoms with van der Waals surface area (Å²) in [7, 11) is 0. The number of hydrogen-bond donors (Lipinski definition) is 1. The third-order valence-corrected chi connectivity index (χ3v) is 5.41. The van der Waals surface area contributed by atoms with Gasteiger partial charge in [-0.05, 0) is 62.6 Å². The van der Waals surface area contributed by atoms with Gasteiger partial charge in [0.15, 0.2) is 0 Å².